The van der Waals surface area contributed by atoms with Crippen molar-refractivity contribution < 1.29 is 4.79 Å². The molecule has 0 aliphatic rings. The summed E-state index contributed by atoms with van der Waals surface area (Å²) in [5.41, 5.74) is 1.49. The summed E-state index contributed by atoms with van der Waals surface area (Å²) in [6.07, 6.45) is 0. The molecule has 1 N–H and O–H groups in total. The highest BCUT2D eigenvalue weighted by Crippen LogP contribution is 2.17. The zero-order chi connectivity index (χ0) is 14.4. The van der Waals surface area contributed by atoms with E-state index in [0.717, 1.165) is 5.69 Å². The van der Waals surface area contributed by atoms with Gasteiger partial charge in [0.25, 0.3) is 0 Å². The predicted octanol–water partition coefficient (Wildman–Crippen LogP) is 4.62. The number of rotatable bonds is 4. The fraction of sp³-hybridized carbons (Fsp3) is 0.133. The van der Waals surface area contributed by atoms with E-state index in [1.807, 2.05) is 30.3 Å². The van der Waals surface area contributed by atoms with Gasteiger partial charge in [-0.3, -0.25) is 4.90 Å². The maximum absolute atomic E-state index is 12.3. The summed E-state index contributed by atoms with van der Waals surface area (Å²) < 4.78 is 0. The Morgan fingerprint density at radius 1 is 1.05 bits per heavy atom. The third-order valence-electron chi connectivity index (χ3n) is 2.72. The molecule has 5 heteroatoms. The minimum atomic E-state index is -0.223. The van der Waals surface area contributed by atoms with Crippen molar-refractivity contribution in [1.29, 1.82) is 0 Å². The summed E-state index contributed by atoms with van der Waals surface area (Å²) in [6.45, 7) is 0.436. The highest BCUT2D eigenvalue weighted by atomic mass is 35.5. The van der Waals surface area contributed by atoms with Crippen molar-refractivity contribution in [3.8, 4) is 0 Å². The van der Waals surface area contributed by atoms with Crippen molar-refractivity contribution in [2.45, 2.75) is 0 Å². The molecular formula is C15H14Cl2N2O. The van der Waals surface area contributed by atoms with Crippen LogP contribution in [0.15, 0.2) is 54.6 Å². The number of urea groups is 1. The Labute approximate surface area is 128 Å². The van der Waals surface area contributed by atoms with Gasteiger partial charge in [0.1, 0.15) is 0 Å². The lowest BCUT2D eigenvalue weighted by atomic mass is 10.3. The van der Waals surface area contributed by atoms with Crippen LogP contribution in [0.1, 0.15) is 0 Å². The molecular weight excluding hydrogens is 295 g/mol. The molecule has 0 bridgehead atoms. The lowest BCUT2D eigenvalue weighted by Gasteiger charge is -2.22. The van der Waals surface area contributed by atoms with E-state index < -0.39 is 0 Å². The first kappa shape index (κ1) is 14.7. The molecule has 0 saturated carbocycles. The molecule has 3 nitrogen and oxygen atoms in total. The average molecular weight is 309 g/mol. The van der Waals surface area contributed by atoms with E-state index in [9.17, 15) is 4.79 Å². The van der Waals surface area contributed by atoms with Gasteiger partial charge in [-0.2, -0.15) is 0 Å². The van der Waals surface area contributed by atoms with Gasteiger partial charge in [0.15, 0.2) is 0 Å². The molecule has 2 rings (SSSR count). The van der Waals surface area contributed by atoms with Gasteiger partial charge in [-0.1, -0.05) is 29.8 Å². The summed E-state index contributed by atoms with van der Waals surface area (Å²) in [4.78, 5) is 13.9. The van der Waals surface area contributed by atoms with E-state index in [0.29, 0.717) is 23.1 Å². The number of hydrogen-bond donors (Lipinski definition) is 1. The second-order valence-electron chi connectivity index (χ2n) is 4.11. The number of benzene rings is 2. The minimum absolute atomic E-state index is 0.223. The molecule has 0 radical (unpaired) electrons. The quantitative estimate of drug-likeness (QED) is 0.821. The molecule has 104 valence electrons. The lowest BCUT2D eigenvalue weighted by Crippen LogP contribution is -2.36. The molecule has 2 amide bonds. The number of carbonyl (C=O) groups excluding carboxylic acids is 1. The summed E-state index contributed by atoms with van der Waals surface area (Å²) in [5, 5.41) is 3.45. The molecule has 0 aliphatic carbocycles. The summed E-state index contributed by atoms with van der Waals surface area (Å²) in [7, 11) is 0. The third kappa shape index (κ3) is 3.89. The SMILES string of the molecule is O=C(Nc1ccc(Cl)cc1)N(CCCl)c1ccccc1. The highest BCUT2D eigenvalue weighted by Gasteiger charge is 2.14. The van der Waals surface area contributed by atoms with Crippen molar-refractivity contribution in [3.05, 3.63) is 59.6 Å². The second-order valence-corrected chi connectivity index (χ2v) is 4.93. The highest BCUT2D eigenvalue weighted by molar-refractivity contribution is 6.30. The van der Waals surface area contributed by atoms with Crippen LogP contribution in [-0.2, 0) is 0 Å². The monoisotopic (exact) mass is 308 g/mol. The van der Waals surface area contributed by atoms with E-state index in [1.165, 1.54) is 0 Å². The van der Waals surface area contributed by atoms with Crippen molar-refractivity contribution in [1.82, 2.24) is 0 Å². The first-order valence-electron chi connectivity index (χ1n) is 6.16. The van der Waals surface area contributed by atoms with Crippen LogP contribution < -0.4 is 10.2 Å². The number of alkyl halides is 1. The molecule has 0 aliphatic heterocycles. The fourth-order valence-corrected chi connectivity index (χ4v) is 2.06. The van der Waals surface area contributed by atoms with Gasteiger partial charge in [-0.05, 0) is 36.4 Å². The Morgan fingerprint density at radius 3 is 2.30 bits per heavy atom. The number of nitrogens with zero attached hydrogens (tertiary/aromatic N) is 1. The van der Waals surface area contributed by atoms with Gasteiger partial charge in [-0.25, -0.2) is 4.79 Å². The number of para-hydroxylation sites is 1. The Bertz CT molecular complexity index is 558. The van der Waals surface area contributed by atoms with Crippen LogP contribution in [0.2, 0.25) is 5.02 Å². The second kappa shape index (κ2) is 7.17. The molecule has 0 fully saturated rings. The summed E-state index contributed by atoms with van der Waals surface area (Å²) in [6, 6.07) is 16.1. The summed E-state index contributed by atoms with van der Waals surface area (Å²) in [5.74, 6) is 0.364. The molecule has 0 unspecified atom stereocenters. The molecule has 2 aromatic carbocycles. The number of halogens is 2. The van der Waals surface area contributed by atoms with E-state index in [-0.39, 0.29) is 6.03 Å². The number of carbonyl (C=O) groups is 1. The van der Waals surface area contributed by atoms with Crippen LogP contribution in [-0.4, -0.2) is 18.5 Å². The van der Waals surface area contributed by atoms with Crippen molar-refractivity contribution >= 4 is 40.6 Å². The third-order valence-corrected chi connectivity index (χ3v) is 3.14. The normalized spacial score (nSPS) is 10.1. The molecule has 20 heavy (non-hydrogen) atoms. The predicted molar refractivity (Wildman–Crippen MR) is 85.0 cm³/mol. The van der Waals surface area contributed by atoms with Gasteiger partial charge in [0.05, 0.1) is 0 Å². The maximum Gasteiger partial charge on any atom is 0.326 e. The van der Waals surface area contributed by atoms with Crippen LogP contribution >= 0.6 is 23.2 Å². The van der Waals surface area contributed by atoms with Crippen LogP contribution in [0.5, 0.6) is 0 Å². The summed E-state index contributed by atoms with van der Waals surface area (Å²) >= 11 is 11.6. The Hall–Kier alpha value is -1.71. The van der Waals surface area contributed by atoms with Gasteiger partial charge in [-0.15, -0.1) is 11.6 Å². The van der Waals surface area contributed by atoms with Crippen molar-refractivity contribution in [3.63, 3.8) is 0 Å². The van der Waals surface area contributed by atoms with E-state index in [1.54, 1.807) is 29.2 Å². The number of amides is 2. The molecule has 0 atom stereocenters. The zero-order valence-electron chi connectivity index (χ0n) is 10.7. The molecule has 0 spiro atoms. The molecule has 0 heterocycles. The minimum Gasteiger partial charge on any atom is -0.308 e. The Balaban J connectivity index is 2.13. The fourth-order valence-electron chi connectivity index (χ4n) is 1.76. The van der Waals surface area contributed by atoms with Gasteiger partial charge < -0.3 is 5.32 Å². The van der Waals surface area contributed by atoms with E-state index in [4.69, 9.17) is 23.2 Å². The molecule has 0 aromatic heterocycles. The van der Waals surface area contributed by atoms with Crippen molar-refractivity contribution in [2.24, 2.45) is 0 Å². The van der Waals surface area contributed by atoms with Gasteiger partial charge in [0, 0.05) is 28.8 Å². The van der Waals surface area contributed by atoms with Crippen LogP contribution in [0.25, 0.3) is 0 Å². The number of nitrogens with one attached hydrogen (secondary N) is 1. The first-order valence-corrected chi connectivity index (χ1v) is 7.07. The van der Waals surface area contributed by atoms with Crippen LogP contribution in [0.4, 0.5) is 16.2 Å². The number of hydrogen-bond acceptors (Lipinski definition) is 1. The maximum atomic E-state index is 12.3. The topological polar surface area (TPSA) is 32.3 Å². The lowest BCUT2D eigenvalue weighted by molar-refractivity contribution is 0.257. The Morgan fingerprint density at radius 2 is 1.70 bits per heavy atom. The van der Waals surface area contributed by atoms with E-state index >= 15 is 0 Å². The smallest absolute Gasteiger partial charge is 0.308 e. The number of anilines is 2. The molecule has 2 aromatic rings. The first-order chi connectivity index (χ1) is 9.70. The van der Waals surface area contributed by atoms with Crippen LogP contribution in [0.3, 0.4) is 0 Å². The van der Waals surface area contributed by atoms with Gasteiger partial charge >= 0.3 is 6.03 Å². The largest absolute Gasteiger partial charge is 0.326 e. The Kier molecular flexibility index (Phi) is 5.27. The van der Waals surface area contributed by atoms with E-state index in [2.05, 4.69) is 5.32 Å². The van der Waals surface area contributed by atoms with Crippen molar-refractivity contribution in [2.75, 3.05) is 22.6 Å². The molecule has 0 saturated heterocycles. The zero-order valence-corrected chi connectivity index (χ0v) is 12.2. The standard InChI is InChI=1S/C15H14Cl2N2O/c16-10-11-19(14-4-2-1-3-5-14)15(20)18-13-8-6-12(17)7-9-13/h1-9H,10-11H2,(H,18,20). The van der Waals surface area contributed by atoms with Crippen LogP contribution in [0, 0.1) is 0 Å². The average Bonchev–Trinajstić information content (AvgIpc) is 2.48. The van der Waals surface area contributed by atoms with Gasteiger partial charge in [0.2, 0.25) is 0 Å².